The minimum absolute atomic E-state index is 0.0338. The summed E-state index contributed by atoms with van der Waals surface area (Å²) in [6.45, 7) is 0.291. The Morgan fingerprint density at radius 3 is 2.90 bits per heavy atom. The number of para-hydroxylation sites is 1. The Morgan fingerprint density at radius 1 is 1.55 bits per heavy atom. The predicted octanol–water partition coefficient (Wildman–Crippen LogP) is 2.24. The van der Waals surface area contributed by atoms with E-state index >= 15 is 0 Å². The molecule has 20 heavy (non-hydrogen) atoms. The lowest BCUT2D eigenvalue weighted by Gasteiger charge is -2.16. The number of hydrogen-bond acceptors (Lipinski definition) is 4. The number of carbonyl (C=O) groups excluding carboxylic acids is 1. The van der Waals surface area contributed by atoms with E-state index in [1.54, 1.807) is 19.4 Å². The molecule has 0 aliphatic carbocycles. The van der Waals surface area contributed by atoms with Crippen LogP contribution in [0.4, 0.5) is 5.69 Å². The molecule has 0 spiro atoms. The van der Waals surface area contributed by atoms with Crippen molar-refractivity contribution in [2.24, 2.45) is 0 Å². The molecular weight excluding hydrogens is 284 g/mol. The average Bonchev–Trinajstić information content (AvgIpc) is 2.89. The van der Waals surface area contributed by atoms with Crippen LogP contribution < -0.4 is 0 Å². The molecule has 0 aliphatic heterocycles. The Morgan fingerprint density at radius 2 is 2.30 bits per heavy atom. The van der Waals surface area contributed by atoms with Gasteiger partial charge in [0.15, 0.2) is 0 Å². The molecule has 8 heteroatoms. The van der Waals surface area contributed by atoms with Gasteiger partial charge in [-0.2, -0.15) is 5.10 Å². The van der Waals surface area contributed by atoms with Gasteiger partial charge in [0, 0.05) is 25.4 Å². The average molecular weight is 295 g/mol. The summed E-state index contributed by atoms with van der Waals surface area (Å²) in [6, 6.07) is 4.28. The first-order valence-corrected chi connectivity index (χ1v) is 6.04. The number of nitrogens with zero attached hydrogens (tertiary/aromatic N) is 3. The van der Waals surface area contributed by atoms with Gasteiger partial charge in [0.1, 0.15) is 10.6 Å². The van der Waals surface area contributed by atoms with Crippen molar-refractivity contribution in [2.45, 2.75) is 6.54 Å². The molecule has 0 radical (unpaired) electrons. The summed E-state index contributed by atoms with van der Waals surface area (Å²) in [7, 11) is 1.56. The van der Waals surface area contributed by atoms with Crippen LogP contribution >= 0.6 is 11.6 Å². The molecule has 1 heterocycles. The Labute approximate surface area is 119 Å². The zero-order valence-electron chi connectivity index (χ0n) is 10.5. The minimum atomic E-state index is -0.652. The highest BCUT2D eigenvalue weighted by Gasteiger charge is 2.25. The topological polar surface area (TPSA) is 92.1 Å². The number of nitro groups is 1. The Kier molecular flexibility index (Phi) is 3.99. The molecular formula is C12H11ClN4O3. The normalized spacial score (nSPS) is 10.3. The first-order valence-electron chi connectivity index (χ1n) is 5.66. The van der Waals surface area contributed by atoms with Crippen LogP contribution in [0.5, 0.6) is 0 Å². The monoisotopic (exact) mass is 294 g/mol. The van der Waals surface area contributed by atoms with Crippen molar-refractivity contribution in [3.05, 3.63) is 56.9 Å². The van der Waals surface area contributed by atoms with Crippen LogP contribution in [0.2, 0.25) is 5.02 Å². The summed E-state index contributed by atoms with van der Waals surface area (Å²) in [5.41, 5.74) is 0.386. The first-order chi connectivity index (χ1) is 9.50. The zero-order chi connectivity index (χ0) is 14.7. The van der Waals surface area contributed by atoms with Crippen molar-refractivity contribution >= 4 is 23.2 Å². The molecule has 0 saturated carbocycles. The molecule has 2 aromatic rings. The second-order valence-corrected chi connectivity index (χ2v) is 4.57. The highest BCUT2D eigenvalue weighted by molar-refractivity contribution is 6.33. The summed E-state index contributed by atoms with van der Waals surface area (Å²) in [5.74, 6) is -0.472. The van der Waals surface area contributed by atoms with Crippen molar-refractivity contribution in [3.63, 3.8) is 0 Å². The van der Waals surface area contributed by atoms with Crippen LogP contribution in [0.3, 0.4) is 0 Å². The van der Waals surface area contributed by atoms with Gasteiger partial charge in [-0.3, -0.25) is 20.0 Å². The third-order valence-electron chi connectivity index (χ3n) is 2.72. The first kappa shape index (κ1) is 14.0. The van der Waals surface area contributed by atoms with Crippen molar-refractivity contribution in [1.82, 2.24) is 15.1 Å². The Balaban J connectivity index is 2.29. The molecule has 0 saturated heterocycles. The SMILES string of the molecule is CN(Cc1cn[nH]c1)C(=O)c1cccc(Cl)c1[N+](=O)[O-]. The lowest BCUT2D eigenvalue weighted by atomic mass is 10.1. The fraction of sp³-hybridized carbons (Fsp3) is 0.167. The molecule has 1 N–H and O–H groups in total. The highest BCUT2D eigenvalue weighted by atomic mass is 35.5. The molecule has 7 nitrogen and oxygen atoms in total. The van der Waals surface area contributed by atoms with Crippen LogP contribution in [0.15, 0.2) is 30.6 Å². The minimum Gasteiger partial charge on any atom is -0.337 e. The third kappa shape index (κ3) is 2.77. The van der Waals surface area contributed by atoms with E-state index in [0.717, 1.165) is 5.56 Å². The van der Waals surface area contributed by atoms with Crippen LogP contribution in [-0.2, 0) is 6.54 Å². The van der Waals surface area contributed by atoms with E-state index < -0.39 is 10.8 Å². The number of hydrogen-bond donors (Lipinski definition) is 1. The fourth-order valence-corrected chi connectivity index (χ4v) is 2.03. The number of halogens is 1. The van der Waals surface area contributed by atoms with Crippen LogP contribution in [0.25, 0.3) is 0 Å². The Bertz CT molecular complexity index is 642. The smallest absolute Gasteiger partial charge is 0.300 e. The molecule has 0 aliphatic rings. The molecule has 1 amide bonds. The molecule has 1 aromatic carbocycles. The number of carbonyl (C=O) groups is 1. The predicted molar refractivity (Wildman–Crippen MR) is 72.5 cm³/mol. The molecule has 0 atom stereocenters. The van der Waals surface area contributed by atoms with Gasteiger partial charge >= 0.3 is 5.69 Å². The van der Waals surface area contributed by atoms with Crippen molar-refractivity contribution in [2.75, 3.05) is 7.05 Å². The number of benzene rings is 1. The Hall–Kier alpha value is -2.41. The quantitative estimate of drug-likeness (QED) is 0.691. The summed E-state index contributed by atoms with van der Waals surface area (Å²) in [6.07, 6.45) is 3.23. The van der Waals surface area contributed by atoms with E-state index in [9.17, 15) is 14.9 Å². The molecule has 2 rings (SSSR count). The second kappa shape index (κ2) is 5.70. The van der Waals surface area contributed by atoms with E-state index in [2.05, 4.69) is 10.2 Å². The maximum atomic E-state index is 12.3. The van der Waals surface area contributed by atoms with Crippen LogP contribution in [0.1, 0.15) is 15.9 Å². The van der Waals surface area contributed by atoms with E-state index in [0.29, 0.717) is 6.54 Å². The summed E-state index contributed by atoms with van der Waals surface area (Å²) in [5, 5.41) is 17.4. The molecule has 0 fully saturated rings. The van der Waals surface area contributed by atoms with E-state index in [1.807, 2.05) is 0 Å². The molecule has 104 valence electrons. The summed E-state index contributed by atoms with van der Waals surface area (Å²) in [4.78, 5) is 24.0. The number of nitro benzene ring substituents is 1. The van der Waals surface area contributed by atoms with Gasteiger partial charge in [-0.15, -0.1) is 0 Å². The maximum absolute atomic E-state index is 12.3. The van der Waals surface area contributed by atoms with Crippen molar-refractivity contribution in [1.29, 1.82) is 0 Å². The lowest BCUT2D eigenvalue weighted by molar-refractivity contribution is -0.385. The number of aromatic nitrogens is 2. The fourth-order valence-electron chi connectivity index (χ4n) is 1.79. The van der Waals surface area contributed by atoms with Crippen molar-refractivity contribution < 1.29 is 9.72 Å². The van der Waals surface area contributed by atoms with Gasteiger partial charge in [0.2, 0.25) is 0 Å². The standard InChI is InChI=1S/C12H11ClN4O3/c1-16(7-8-5-14-15-6-8)12(18)9-3-2-4-10(13)11(9)17(19)20/h2-6H,7H2,1H3,(H,14,15). The number of rotatable bonds is 4. The van der Waals surface area contributed by atoms with E-state index in [4.69, 9.17) is 11.6 Å². The van der Waals surface area contributed by atoms with E-state index in [-0.39, 0.29) is 16.3 Å². The summed E-state index contributed by atoms with van der Waals surface area (Å²) < 4.78 is 0. The van der Waals surface area contributed by atoms with Gasteiger partial charge in [-0.25, -0.2) is 0 Å². The van der Waals surface area contributed by atoms with Crippen LogP contribution in [-0.4, -0.2) is 33.0 Å². The largest absolute Gasteiger partial charge is 0.337 e. The number of aromatic amines is 1. The van der Waals surface area contributed by atoms with Gasteiger partial charge in [0.05, 0.1) is 11.1 Å². The van der Waals surface area contributed by atoms with Gasteiger partial charge < -0.3 is 4.90 Å². The molecule has 1 aromatic heterocycles. The third-order valence-corrected chi connectivity index (χ3v) is 3.03. The van der Waals surface area contributed by atoms with Gasteiger partial charge in [-0.05, 0) is 12.1 Å². The second-order valence-electron chi connectivity index (χ2n) is 4.16. The van der Waals surface area contributed by atoms with Crippen LogP contribution in [0, 0.1) is 10.1 Å². The molecule has 0 unspecified atom stereocenters. The molecule has 0 bridgehead atoms. The van der Waals surface area contributed by atoms with Gasteiger partial charge in [-0.1, -0.05) is 17.7 Å². The number of nitrogens with one attached hydrogen (secondary N) is 1. The van der Waals surface area contributed by atoms with Crippen molar-refractivity contribution in [3.8, 4) is 0 Å². The lowest BCUT2D eigenvalue weighted by Crippen LogP contribution is -2.26. The summed E-state index contributed by atoms with van der Waals surface area (Å²) >= 11 is 5.79. The van der Waals surface area contributed by atoms with Gasteiger partial charge in [0.25, 0.3) is 5.91 Å². The highest BCUT2D eigenvalue weighted by Crippen LogP contribution is 2.29. The number of H-pyrrole nitrogens is 1. The zero-order valence-corrected chi connectivity index (χ0v) is 11.3. The maximum Gasteiger partial charge on any atom is 0.300 e. The van der Waals surface area contributed by atoms with E-state index in [1.165, 1.54) is 23.1 Å². The number of amides is 1.